The van der Waals surface area contributed by atoms with Crippen molar-refractivity contribution in [1.29, 1.82) is 0 Å². The third-order valence-corrected chi connectivity index (χ3v) is 8.11. The van der Waals surface area contributed by atoms with Crippen LogP contribution in [-0.2, 0) is 19.4 Å². The van der Waals surface area contributed by atoms with Crippen molar-refractivity contribution in [2.24, 2.45) is 4.36 Å². The van der Waals surface area contributed by atoms with E-state index in [1.165, 1.54) is 6.26 Å². The van der Waals surface area contributed by atoms with Crippen molar-refractivity contribution in [3.63, 3.8) is 0 Å². The molecule has 2 saturated heterocycles. The Labute approximate surface area is 223 Å². The fourth-order valence-electron chi connectivity index (χ4n) is 4.50. The van der Waals surface area contributed by atoms with E-state index >= 15 is 0 Å². The van der Waals surface area contributed by atoms with Crippen LogP contribution in [0, 0.1) is 0 Å². The van der Waals surface area contributed by atoms with Crippen LogP contribution in [0.15, 0.2) is 53.0 Å². The first-order valence-electron chi connectivity index (χ1n) is 11.9. The highest BCUT2D eigenvalue weighted by Crippen LogP contribution is 2.33. The molecule has 4 aromatic rings. The molecule has 3 N–H and O–H groups in total. The van der Waals surface area contributed by atoms with E-state index in [4.69, 9.17) is 25.8 Å². The van der Waals surface area contributed by atoms with Crippen LogP contribution in [0.3, 0.4) is 0 Å². The Balaban J connectivity index is 1.21. The predicted molar refractivity (Wildman–Crippen MR) is 143 cm³/mol. The Bertz CT molecular complexity index is 1600. The molecule has 0 radical (unpaired) electrons. The lowest BCUT2D eigenvalue weighted by Crippen LogP contribution is -2.34. The number of aromatic amines is 1. The number of fused-ring (bicyclic) bond motifs is 2. The lowest BCUT2D eigenvalue weighted by molar-refractivity contribution is 0.00706. The minimum absolute atomic E-state index is 0.226. The van der Waals surface area contributed by atoms with Gasteiger partial charge < -0.3 is 24.3 Å². The molecule has 0 bridgehead atoms. The molecule has 0 aliphatic carbocycles. The van der Waals surface area contributed by atoms with Gasteiger partial charge in [-0.25, -0.2) is 13.9 Å². The van der Waals surface area contributed by atoms with E-state index in [0.717, 1.165) is 16.8 Å². The van der Waals surface area contributed by atoms with E-state index in [2.05, 4.69) is 29.0 Å². The second-order valence-electron chi connectivity index (χ2n) is 9.13. The zero-order valence-corrected chi connectivity index (χ0v) is 22.1. The number of nitrogens with one attached hydrogen (secondary N) is 2. The number of hydrogen-bond acceptors (Lipinski definition) is 9. The topological polar surface area (TPSA) is 144 Å². The van der Waals surface area contributed by atoms with Gasteiger partial charge in [0.25, 0.3) is 6.01 Å². The summed E-state index contributed by atoms with van der Waals surface area (Å²) in [6.45, 7) is 0.529. The Kier molecular flexibility index (Phi) is 6.54. The maximum atomic E-state index is 12.1. The first-order valence-corrected chi connectivity index (χ1v) is 14.2. The number of imidazole rings is 1. The van der Waals surface area contributed by atoms with Gasteiger partial charge in [0.05, 0.1) is 47.0 Å². The first-order chi connectivity index (χ1) is 18.3. The van der Waals surface area contributed by atoms with Gasteiger partial charge in [-0.1, -0.05) is 35.9 Å². The van der Waals surface area contributed by atoms with Crippen LogP contribution >= 0.6 is 11.6 Å². The maximum Gasteiger partial charge on any atom is 0.296 e. The van der Waals surface area contributed by atoms with Crippen molar-refractivity contribution in [3.8, 4) is 28.5 Å². The number of nitrogens with zero attached hydrogens (tertiary/aromatic N) is 4. The zero-order valence-electron chi connectivity index (χ0n) is 20.5. The molecule has 5 heterocycles. The van der Waals surface area contributed by atoms with E-state index < -0.39 is 16.0 Å². The summed E-state index contributed by atoms with van der Waals surface area (Å²) >= 11 is 6.57. The maximum absolute atomic E-state index is 12.1. The number of H-pyrrole nitrogens is 1. The van der Waals surface area contributed by atoms with Crippen LogP contribution in [0.4, 0.5) is 5.69 Å². The molecule has 1 unspecified atom stereocenters. The second kappa shape index (κ2) is 9.88. The van der Waals surface area contributed by atoms with E-state index in [1.54, 1.807) is 25.4 Å². The molecule has 3 aromatic heterocycles. The fraction of sp³-hybridized carbons (Fsp3) is 0.320. The van der Waals surface area contributed by atoms with Crippen molar-refractivity contribution in [1.82, 2.24) is 24.7 Å². The van der Waals surface area contributed by atoms with Crippen LogP contribution in [0.1, 0.15) is 0 Å². The summed E-state index contributed by atoms with van der Waals surface area (Å²) < 4.78 is 36.2. The molecule has 13 heteroatoms. The molecule has 6 rings (SSSR count). The summed E-state index contributed by atoms with van der Waals surface area (Å²) in [4.78, 5) is 16.7. The average Bonchev–Trinajstić information content (AvgIpc) is 3.60. The highest BCUT2D eigenvalue weighted by molar-refractivity contribution is 7.91. The number of ether oxygens (including phenoxy) is 3. The van der Waals surface area contributed by atoms with Gasteiger partial charge in [0.1, 0.15) is 28.2 Å². The van der Waals surface area contributed by atoms with Gasteiger partial charge in [0.2, 0.25) is 0 Å². The summed E-state index contributed by atoms with van der Waals surface area (Å²) in [5.41, 5.74) is 4.68. The number of rotatable bonds is 6. The summed E-state index contributed by atoms with van der Waals surface area (Å²) in [6.07, 6.45) is 1.36. The van der Waals surface area contributed by atoms with Crippen LogP contribution < -0.4 is 9.46 Å². The number of benzene rings is 1. The molecule has 2 aliphatic heterocycles. The highest BCUT2D eigenvalue weighted by Gasteiger charge is 2.48. The van der Waals surface area contributed by atoms with Gasteiger partial charge in [-0.3, -0.25) is 4.98 Å². The lowest BCUT2D eigenvalue weighted by atomic mass is 10.1. The van der Waals surface area contributed by atoms with Crippen molar-refractivity contribution in [2.45, 2.75) is 24.4 Å². The third kappa shape index (κ3) is 4.86. The van der Waals surface area contributed by atoms with Crippen molar-refractivity contribution in [3.05, 3.63) is 53.7 Å². The number of aliphatic hydroxyl groups is 1. The number of aromatic nitrogens is 4. The largest absolute Gasteiger partial charge is 0.456 e. The summed E-state index contributed by atoms with van der Waals surface area (Å²) in [6, 6.07) is 13.3. The van der Waals surface area contributed by atoms with Crippen LogP contribution in [0.25, 0.3) is 33.7 Å². The number of pyridine rings is 2. The Morgan fingerprint density at radius 1 is 1.13 bits per heavy atom. The zero-order chi connectivity index (χ0) is 26.4. The van der Waals surface area contributed by atoms with Crippen molar-refractivity contribution in [2.75, 3.05) is 26.5 Å². The molecule has 1 aromatic carbocycles. The van der Waals surface area contributed by atoms with E-state index in [0.29, 0.717) is 34.2 Å². The fourth-order valence-corrected chi connectivity index (χ4v) is 5.36. The lowest BCUT2D eigenvalue weighted by Gasteiger charge is -2.15. The molecule has 2 fully saturated rings. The van der Waals surface area contributed by atoms with Gasteiger partial charge in [-0.2, -0.15) is 9.35 Å². The van der Waals surface area contributed by atoms with Gasteiger partial charge in [0.15, 0.2) is 11.8 Å². The molecule has 198 valence electrons. The van der Waals surface area contributed by atoms with Crippen LogP contribution in [-0.4, -0.2) is 80.2 Å². The summed E-state index contributed by atoms with van der Waals surface area (Å²) in [5.74, 6) is 0. The minimum Gasteiger partial charge on any atom is -0.456 e. The molecule has 5 atom stereocenters. The quantitative estimate of drug-likeness (QED) is 0.328. The molecular formula is C25H25ClN6O5S. The molecule has 0 amide bonds. The average molecular weight is 557 g/mol. The normalized spacial score (nSPS) is 24.3. The van der Waals surface area contributed by atoms with E-state index in [1.807, 2.05) is 30.3 Å². The smallest absolute Gasteiger partial charge is 0.296 e. The minimum atomic E-state index is -2.49. The number of halogens is 1. The SMILES string of the molecule is CNS(C)(=O)=Nc1ccc(-c2ccc(-c3nc4nc(O[C@@H]5CO[C@H]6[C@@H]5OC[C@H]6O)[nH]c4cc3Cl)cc2)nc1. The number of aliphatic hydroxyl groups excluding tert-OH is 1. The predicted octanol–water partition coefficient (Wildman–Crippen LogP) is 3.11. The van der Waals surface area contributed by atoms with E-state index in [9.17, 15) is 9.32 Å². The molecule has 0 spiro atoms. The molecule has 11 nitrogen and oxygen atoms in total. The van der Waals surface area contributed by atoms with Crippen LogP contribution in [0.2, 0.25) is 5.02 Å². The molecule has 38 heavy (non-hydrogen) atoms. The Morgan fingerprint density at radius 3 is 2.63 bits per heavy atom. The molecular weight excluding hydrogens is 532 g/mol. The second-order valence-corrected chi connectivity index (χ2v) is 11.7. The summed E-state index contributed by atoms with van der Waals surface area (Å²) in [7, 11) is -0.884. The van der Waals surface area contributed by atoms with Crippen LogP contribution in [0.5, 0.6) is 6.01 Å². The molecule has 0 saturated carbocycles. The highest BCUT2D eigenvalue weighted by atomic mass is 35.5. The van der Waals surface area contributed by atoms with Gasteiger partial charge in [-0.05, 0) is 25.2 Å². The summed E-state index contributed by atoms with van der Waals surface area (Å²) in [5, 5.41) is 10.4. The van der Waals surface area contributed by atoms with Crippen molar-refractivity contribution < 1.29 is 23.5 Å². The number of hydrogen-bond donors (Lipinski definition) is 3. The first kappa shape index (κ1) is 25.2. The molecule has 2 aliphatic rings. The Hall–Kier alpha value is -3.13. The van der Waals surface area contributed by atoms with Crippen molar-refractivity contribution >= 4 is 38.4 Å². The van der Waals surface area contributed by atoms with Gasteiger partial charge >= 0.3 is 0 Å². The monoisotopic (exact) mass is 556 g/mol. The standard InChI is InChI=1S/C25H25ClN6O5S/c1-27-38(2,34)32-15-7-8-17(28-10-15)13-3-5-14(6-4-13)21-16(26)9-18-24(30-21)31-25(29-18)37-20-12-36-22-19(33)11-35-23(20)22/h3-10,19-20,22-23,33H,11-12H2,1-2H3,(H,27,32,34)(H,29,30,31)/t19-,20-,22-,23-,38?/m1/s1. The van der Waals surface area contributed by atoms with Gasteiger partial charge in [0, 0.05) is 17.4 Å². The van der Waals surface area contributed by atoms with E-state index in [-0.39, 0.29) is 30.9 Å². The Morgan fingerprint density at radius 2 is 1.89 bits per heavy atom. The third-order valence-electron chi connectivity index (χ3n) is 6.51. The van der Waals surface area contributed by atoms with Gasteiger partial charge in [-0.15, -0.1) is 0 Å².